The summed E-state index contributed by atoms with van der Waals surface area (Å²) >= 11 is 5.84. The largest absolute Gasteiger partial charge is 0.254 e. The van der Waals surface area contributed by atoms with Crippen molar-refractivity contribution in [3.63, 3.8) is 0 Å². The number of halogens is 1. The molecule has 1 unspecified atom stereocenters. The molecule has 0 fully saturated rings. The van der Waals surface area contributed by atoms with Gasteiger partial charge in [-0.2, -0.15) is 0 Å². The topological polar surface area (TPSA) is 65.8 Å². The van der Waals surface area contributed by atoms with Gasteiger partial charge in [-0.1, -0.05) is 28.8 Å². The molecule has 0 aliphatic carbocycles. The predicted molar refractivity (Wildman–Crippen MR) is 56.7 cm³/mol. The molecule has 1 aromatic carbocycles. The molecule has 0 saturated carbocycles. The molecule has 0 aromatic heterocycles. The minimum absolute atomic E-state index is 0.217. The Morgan fingerprint density at radius 1 is 1.50 bits per heavy atom. The van der Waals surface area contributed by atoms with Crippen LogP contribution in [0.2, 0.25) is 5.02 Å². The molecule has 0 aliphatic rings. The van der Waals surface area contributed by atoms with E-state index in [0.717, 1.165) is 0 Å². The fourth-order valence-electron chi connectivity index (χ4n) is 0.908. The van der Waals surface area contributed by atoms with Crippen LogP contribution in [-0.2, 0) is 10.8 Å². The minimum atomic E-state index is -1.19. The molecular formula is C8H8ClN3OS. The van der Waals surface area contributed by atoms with E-state index in [4.69, 9.17) is 17.1 Å². The molecular weight excluding hydrogens is 222 g/mol. The Morgan fingerprint density at radius 2 is 2.21 bits per heavy atom. The van der Waals surface area contributed by atoms with Gasteiger partial charge < -0.3 is 0 Å². The van der Waals surface area contributed by atoms with E-state index in [9.17, 15) is 4.21 Å². The molecule has 74 valence electrons. The standard InChI is InChI=1S/C8H8ClN3OS/c9-7-3-1-2-4-8(7)14(13)6-5-11-12-10/h1-4H,5-6H2. The van der Waals surface area contributed by atoms with Crippen molar-refractivity contribution in [1.29, 1.82) is 0 Å². The highest BCUT2D eigenvalue weighted by Crippen LogP contribution is 2.18. The fourth-order valence-corrected chi connectivity index (χ4v) is 2.28. The monoisotopic (exact) mass is 229 g/mol. The van der Waals surface area contributed by atoms with Gasteiger partial charge in [-0.05, 0) is 17.7 Å². The van der Waals surface area contributed by atoms with E-state index in [1.807, 2.05) is 0 Å². The molecule has 0 bridgehead atoms. The number of azide groups is 1. The first-order valence-corrected chi connectivity index (χ1v) is 5.59. The quantitative estimate of drug-likeness (QED) is 0.445. The molecule has 4 nitrogen and oxygen atoms in total. The van der Waals surface area contributed by atoms with Crippen molar-refractivity contribution in [3.8, 4) is 0 Å². The van der Waals surface area contributed by atoms with Crippen molar-refractivity contribution < 1.29 is 4.21 Å². The van der Waals surface area contributed by atoms with E-state index in [1.165, 1.54) is 0 Å². The Labute approximate surface area is 89.0 Å². The van der Waals surface area contributed by atoms with Gasteiger partial charge in [0.1, 0.15) is 0 Å². The summed E-state index contributed by atoms with van der Waals surface area (Å²) in [6.45, 7) is 0.217. The van der Waals surface area contributed by atoms with Gasteiger partial charge in [0.2, 0.25) is 0 Å². The SMILES string of the molecule is [N-]=[N+]=NCCS(=O)c1ccccc1Cl. The van der Waals surface area contributed by atoms with Gasteiger partial charge in [0.05, 0.1) is 20.7 Å². The number of benzene rings is 1. The minimum Gasteiger partial charge on any atom is -0.254 e. The first-order chi connectivity index (χ1) is 6.75. The van der Waals surface area contributed by atoms with Crippen LogP contribution >= 0.6 is 11.6 Å². The van der Waals surface area contributed by atoms with E-state index < -0.39 is 10.8 Å². The van der Waals surface area contributed by atoms with E-state index in [2.05, 4.69) is 10.0 Å². The Hall–Kier alpha value is -1.03. The maximum absolute atomic E-state index is 11.6. The van der Waals surface area contributed by atoms with Gasteiger partial charge in [0.15, 0.2) is 0 Å². The predicted octanol–water partition coefficient (Wildman–Crippen LogP) is 2.76. The lowest BCUT2D eigenvalue weighted by Crippen LogP contribution is -2.01. The normalized spacial score (nSPS) is 11.8. The number of rotatable bonds is 4. The number of hydrogen-bond acceptors (Lipinski definition) is 2. The second-order valence-electron chi connectivity index (χ2n) is 2.43. The molecule has 0 spiro atoms. The average Bonchev–Trinajstić information content (AvgIpc) is 2.18. The maximum Gasteiger partial charge on any atom is 0.0574 e. The number of hydrogen-bond donors (Lipinski definition) is 0. The maximum atomic E-state index is 11.6. The van der Waals surface area contributed by atoms with Crippen molar-refractivity contribution in [2.24, 2.45) is 5.11 Å². The first-order valence-electron chi connectivity index (χ1n) is 3.89. The summed E-state index contributed by atoms with van der Waals surface area (Å²) < 4.78 is 11.6. The Kier molecular flexibility index (Phi) is 4.46. The third-order valence-corrected chi connectivity index (χ3v) is 3.36. The Balaban J connectivity index is 2.70. The lowest BCUT2D eigenvalue weighted by atomic mass is 10.4. The molecule has 14 heavy (non-hydrogen) atoms. The van der Waals surface area contributed by atoms with Gasteiger partial charge >= 0.3 is 0 Å². The molecule has 1 aromatic rings. The summed E-state index contributed by atoms with van der Waals surface area (Å²) in [4.78, 5) is 3.17. The average molecular weight is 230 g/mol. The molecule has 0 amide bonds. The van der Waals surface area contributed by atoms with Gasteiger partial charge in [-0.3, -0.25) is 4.21 Å². The van der Waals surface area contributed by atoms with Crippen LogP contribution in [0.25, 0.3) is 10.4 Å². The van der Waals surface area contributed by atoms with Gasteiger partial charge in [0, 0.05) is 17.2 Å². The van der Waals surface area contributed by atoms with E-state index in [-0.39, 0.29) is 6.54 Å². The molecule has 0 heterocycles. The van der Waals surface area contributed by atoms with Crippen LogP contribution in [0.1, 0.15) is 0 Å². The molecule has 6 heteroatoms. The van der Waals surface area contributed by atoms with Crippen LogP contribution in [0, 0.1) is 0 Å². The summed E-state index contributed by atoms with van der Waals surface area (Å²) in [6, 6.07) is 6.93. The molecule has 0 N–H and O–H groups in total. The van der Waals surface area contributed by atoms with E-state index >= 15 is 0 Å². The second kappa shape index (κ2) is 5.65. The second-order valence-corrected chi connectivity index (χ2v) is 4.38. The zero-order valence-corrected chi connectivity index (χ0v) is 8.83. The number of nitrogens with zero attached hydrogens (tertiary/aromatic N) is 3. The zero-order chi connectivity index (χ0) is 10.4. The van der Waals surface area contributed by atoms with Crippen molar-refractivity contribution in [3.05, 3.63) is 39.7 Å². The summed E-state index contributed by atoms with van der Waals surface area (Å²) in [5, 5.41) is 3.79. The smallest absolute Gasteiger partial charge is 0.0574 e. The Morgan fingerprint density at radius 3 is 2.86 bits per heavy atom. The third-order valence-electron chi connectivity index (χ3n) is 1.52. The highest BCUT2D eigenvalue weighted by molar-refractivity contribution is 7.85. The van der Waals surface area contributed by atoms with Gasteiger partial charge in [-0.25, -0.2) is 0 Å². The Bertz CT molecular complexity index is 390. The van der Waals surface area contributed by atoms with Crippen LogP contribution < -0.4 is 0 Å². The van der Waals surface area contributed by atoms with Crippen LogP contribution in [0.4, 0.5) is 0 Å². The molecule has 1 rings (SSSR count). The highest BCUT2D eigenvalue weighted by Gasteiger charge is 2.06. The van der Waals surface area contributed by atoms with Crippen molar-refractivity contribution >= 4 is 22.4 Å². The van der Waals surface area contributed by atoms with Crippen LogP contribution in [0.5, 0.6) is 0 Å². The molecule has 0 saturated heterocycles. The summed E-state index contributed by atoms with van der Waals surface area (Å²) in [6.07, 6.45) is 0. The summed E-state index contributed by atoms with van der Waals surface area (Å²) in [5.41, 5.74) is 8.04. The third kappa shape index (κ3) is 3.03. The van der Waals surface area contributed by atoms with Crippen molar-refractivity contribution in [2.75, 3.05) is 12.3 Å². The summed E-state index contributed by atoms with van der Waals surface area (Å²) in [5.74, 6) is 0.299. The van der Waals surface area contributed by atoms with E-state index in [1.54, 1.807) is 24.3 Å². The van der Waals surface area contributed by atoms with Gasteiger partial charge in [0.25, 0.3) is 0 Å². The van der Waals surface area contributed by atoms with Crippen LogP contribution in [0.15, 0.2) is 34.3 Å². The van der Waals surface area contributed by atoms with Crippen molar-refractivity contribution in [2.45, 2.75) is 4.90 Å². The lowest BCUT2D eigenvalue weighted by Gasteiger charge is -2.01. The van der Waals surface area contributed by atoms with Crippen molar-refractivity contribution in [1.82, 2.24) is 0 Å². The lowest BCUT2D eigenvalue weighted by molar-refractivity contribution is 0.682. The highest BCUT2D eigenvalue weighted by atomic mass is 35.5. The fraction of sp³-hybridized carbons (Fsp3) is 0.250. The van der Waals surface area contributed by atoms with E-state index in [0.29, 0.717) is 15.7 Å². The molecule has 1 atom stereocenters. The summed E-state index contributed by atoms with van der Waals surface area (Å²) in [7, 11) is -1.19. The van der Waals surface area contributed by atoms with Crippen LogP contribution in [-0.4, -0.2) is 16.5 Å². The zero-order valence-electron chi connectivity index (χ0n) is 7.26. The molecule has 0 radical (unpaired) electrons. The van der Waals surface area contributed by atoms with Gasteiger partial charge in [-0.15, -0.1) is 0 Å². The molecule has 0 aliphatic heterocycles. The van der Waals surface area contributed by atoms with Crippen LogP contribution in [0.3, 0.4) is 0 Å². The first kappa shape index (κ1) is 11.0.